The molecule has 8 nitrogen and oxygen atoms in total. The minimum Gasteiger partial charge on any atom is -0.476 e. The molecule has 29 heavy (non-hydrogen) atoms. The van der Waals surface area contributed by atoms with Crippen LogP contribution in [0, 0.1) is 0 Å². The lowest BCUT2D eigenvalue weighted by atomic mass is 10.1. The molecule has 1 aliphatic carbocycles. The van der Waals surface area contributed by atoms with Crippen molar-refractivity contribution in [2.24, 2.45) is 0 Å². The molecule has 1 aliphatic rings. The van der Waals surface area contributed by atoms with Gasteiger partial charge in [0.1, 0.15) is 0 Å². The monoisotopic (exact) mass is 393 g/mol. The van der Waals surface area contributed by atoms with E-state index in [0.717, 1.165) is 18.5 Å². The highest BCUT2D eigenvalue weighted by Crippen LogP contribution is 2.41. The predicted octanol–water partition coefficient (Wildman–Crippen LogP) is 3.65. The van der Waals surface area contributed by atoms with Crippen molar-refractivity contribution in [3.05, 3.63) is 59.7 Å². The molecule has 0 bridgehead atoms. The highest BCUT2D eigenvalue weighted by Gasteiger charge is 2.32. The van der Waals surface area contributed by atoms with Crippen molar-refractivity contribution in [2.75, 3.05) is 5.32 Å². The lowest BCUT2D eigenvalue weighted by Crippen LogP contribution is -2.26. The number of carboxylic acids is 1. The summed E-state index contributed by atoms with van der Waals surface area (Å²) >= 11 is 0. The van der Waals surface area contributed by atoms with Gasteiger partial charge in [-0.2, -0.15) is 10.2 Å². The molecule has 0 saturated heterocycles. The average molecular weight is 393 g/mol. The maximum absolute atomic E-state index is 12.9. The van der Waals surface area contributed by atoms with Gasteiger partial charge in [-0.15, -0.1) is 0 Å². The number of aromatic nitrogens is 4. The summed E-state index contributed by atoms with van der Waals surface area (Å²) in [5.74, 6) is -0.951. The molecular weight excluding hydrogens is 370 g/mol. The predicted molar refractivity (Wildman–Crippen MR) is 108 cm³/mol. The SMILES string of the molecule is CC(C)(C)n1nc(C(=O)Nc2ccccc2-n2ccc(C(=O)O)n2)cc1C1CC1. The minimum atomic E-state index is -1.11. The summed E-state index contributed by atoms with van der Waals surface area (Å²) in [7, 11) is 0. The van der Waals surface area contributed by atoms with Gasteiger partial charge in [0.2, 0.25) is 0 Å². The smallest absolute Gasteiger partial charge is 0.356 e. The third-order valence-corrected chi connectivity index (χ3v) is 4.81. The first kappa shape index (κ1) is 18.9. The average Bonchev–Trinajstić information content (AvgIpc) is 3.19. The Balaban J connectivity index is 1.63. The van der Waals surface area contributed by atoms with E-state index in [0.29, 0.717) is 23.0 Å². The summed E-state index contributed by atoms with van der Waals surface area (Å²) in [5.41, 5.74) is 2.28. The van der Waals surface area contributed by atoms with E-state index in [4.69, 9.17) is 5.11 Å². The van der Waals surface area contributed by atoms with Gasteiger partial charge < -0.3 is 10.4 Å². The normalized spacial score (nSPS) is 14.0. The number of nitrogens with one attached hydrogen (secondary N) is 1. The Labute approximate surface area is 168 Å². The molecule has 1 fully saturated rings. The quantitative estimate of drug-likeness (QED) is 0.689. The van der Waals surface area contributed by atoms with Gasteiger partial charge in [-0.3, -0.25) is 9.48 Å². The van der Waals surface area contributed by atoms with Crippen LogP contribution in [0.1, 0.15) is 66.2 Å². The topological polar surface area (TPSA) is 102 Å². The van der Waals surface area contributed by atoms with Crippen LogP contribution >= 0.6 is 0 Å². The molecule has 3 aromatic rings. The zero-order valence-electron chi connectivity index (χ0n) is 16.6. The number of para-hydroxylation sites is 2. The molecule has 2 heterocycles. The van der Waals surface area contributed by atoms with Gasteiger partial charge in [0.15, 0.2) is 11.4 Å². The standard InChI is InChI=1S/C21H23N5O3/c1-21(2,3)26-18(13-8-9-13)12-16(24-26)19(27)22-14-6-4-5-7-17(14)25-11-10-15(23-25)20(28)29/h4-7,10-13H,8-9H2,1-3H3,(H,22,27)(H,28,29). The zero-order chi connectivity index (χ0) is 20.8. The first-order chi connectivity index (χ1) is 13.7. The van der Waals surface area contributed by atoms with Gasteiger partial charge in [0.25, 0.3) is 5.91 Å². The van der Waals surface area contributed by atoms with E-state index in [-0.39, 0.29) is 17.1 Å². The fourth-order valence-corrected chi connectivity index (χ4v) is 3.25. The third-order valence-electron chi connectivity index (χ3n) is 4.81. The molecule has 150 valence electrons. The fourth-order valence-electron chi connectivity index (χ4n) is 3.25. The zero-order valence-corrected chi connectivity index (χ0v) is 16.6. The second kappa shape index (κ2) is 6.88. The van der Waals surface area contributed by atoms with E-state index in [2.05, 4.69) is 36.3 Å². The Morgan fingerprint density at radius 2 is 1.83 bits per heavy atom. The van der Waals surface area contributed by atoms with Gasteiger partial charge in [-0.1, -0.05) is 12.1 Å². The first-order valence-electron chi connectivity index (χ1n) is 9.54. The molecule has 0 atom stereocenters. The van der Waals surface area contributed by atoms with Gasteiger partial charge in [0, 0.05) is 17.8 Å². The fraction of sp³-hybridized carbons (Fsp3) is 0.333. The first-order valence-corrected chi connectivity index (χ1v) is 9.54. The van der Waals surface area contributed by atoms with Gasteiger partial charge in [-0.05, 0) is 57.9 Å². The second-order valence-electron chi connectivity index (χ2n) is 8.23. The Hall–Kier alpha value is -3.42. The van der Waals surface area contributed by atoms with Crippen molar-refractivity contribution < 1.29 is 14.7 Å². The summed E-state index contributed by atoms with van der Waals surface area (Å²) in [6.07, 6.45) is 3.79. The summed E-state index contributed by atoms with van der Waals surface area (Å²) in [6.45, 7) is 6.21. The van der Waals surface area contributed by atoms with E-state index in [1.54, 1.807) is 30.5 Å². The van der Waals surface area contributed by atoms with Crippen LogP contribution in [0.15, 0.2) is 42.6 Å². The Morgan fingerprint density at radius 1 is 1.10 bits per heavy atom. The lowest BCUT2D eigenvalue weighted by molar-refractivity contribution is 0.0689. The van der Waals surface area contributed by atoms with Gasteiger partial charge >= 0.3 is 5.97 Å². The van der Waals surface area contributed by atoms with Crippen molar-refractivity contribution in [1.82, 2.24) is 19.6 Å². The van der Waals surface area contributed by atoms with Crippen LogP contribution in [-0.2, 0) is 5.54 Å². The molecule has 0 aliphatic heterocycles. The van der Waals surface area contributed by atoms with E-state index in [9.17, 15) is 9.59 Å². The van der Waals surface area contributed by atoms with Gasteiger partial charge in [0.05, 0.1) is 16.9 Å². The van der Waals surface area contributed by atoms with Crippen LogP contribution < -0.4 is 5.32 Å². The lowest BCUT2D eigenvalue weighted by Gasteiger charge is -2.22. The maximum atomic E-state index is 12.9. The molecule has 0 radical (unpaired) electrons. The number of carbonyl (C=O) groups excluding carboxylic acids is 1. The molecular formula is C21H23N5O3. The minimum absolute atomic E-state index is 0.0656. The Kier molecular flexibility index (Phi) is 4.49. The maximum Gasteiger partial charge on any atom is 0.356 e. The van der Waals surface area contributed by atoms with Crippen LogP contribution in [0.2, 0.25) is 0 Å². The molecule has 1 amide bonds. The Morgan fingerprint density at radius 3 is 2.45 bits per heavy atom. The van der Waals surface area contributed by atoms with Crippen molar-refractivity contribution in [3.63, 3.8) is 0 Å². The number of amides is 1. The summed E-state index contributed by atoms with van der Waals surface area (Å²) < 4.78 is 3.38. The van der Waals surface area contributed by atoms with Crippen LogP contribution in [0.4, 0.5) is 5.69 Å². The van der Waals surface area contributed by atoms with Crippen molar-refractivity contribution in [2.45, 2.75) is 45.1 Å². The number of benzene rings is 1. The van der Waals surface area contributed by atoms with Crippen LogP contribution in [0.3, 0.4) is 0 Å². The summed E-state index contributed by atoms with van der Waals surface area (Å²) in [5, 5.41) is 20.6. The molecule has 4 rings (SSSR count). The largest absolute Gasteiger partial charge is 0.476 e. The number of hydrogen-bond acceptors (Lipinski definition) is 4. The molecule has 2 aromatic heterocycles. The molecule has 1 aromatic carbocycles. The molecule has 0 unspecified atom stereocenters. The third kappa shape index (κ3) is 3.78. The summed E-state index contributed by atoms with van der Waals surface area (Å²) in [6, 6.07) is 10.4. The van der Waals surface area contributed by atoms with E-state index in [1.807, 2.05) is 10.7 Å². The van der Waals surface area contributed by atoms with E-state index >= 15 is 0 Å². The van der Waals surface area contributed by atoms with Crippen molar-refractivity contribution in [3.8, 4) is 5.69 Å². The van der Waals surface area contributed by atoms with Crippen molar-refractivity contribution in [1.29, 1.82) is 0 Å². The number of rotatable bonds is 5. The molecule has 1 saturated carbocycles. The summed E-state index contributed by atoms with van der Waals surface area (Å²) in [4.78, 5) is 24.0. The highest BCUT2D eigenvalue weighted by atomic mass is 16.4. The van der Waals surface area contributed by atoms with E-state index < -0.39 is 5.97 Å². The van der Waals surface area contributed by atoms with Gasteiger partial charge in [-0.25, -0.2) is 9.48 Å². The molecule has 2 N–H and O–H groups in total. The van der Waals surface area contributed by atoms with Crippen LogP contribution in [0.25, 0.3) is 5.69 Å². The second-order valence-corrected chi connectivity index (χ2v) is 8.23. The molecule has 8 heteroatoms. The van der Waals surface area contributed by atoms with Crippen LogP contribution in [0.5, 0.6) is 0 Å². The number of carboxylic acid groups (broad SMARTS) is 1. The Bertz CT molecular complexity index is 1090. The number of anilines is 1. The van der Waals surface area contributed by atoms with E-state index in [1.165, 1.54) is 10.7 Å². The number of carbonyl (C=O) groups is 2. The number of nitrogens with zero attached hydrogens (tertiary/aromatic N) is 4. The molecule has 0 spiro atoms. The van der Waals surface area contributed by atoms with Crippen molar-refractivity contribution >= 4 is 17.6 Å². The number of aromatic carboxylic acids is 1. The highest BCUT2D eigenvalue weighted by molar-refractivity contribution is 6.04. The van der Waals surface area contributed by atoms with Crippen LogP contribution in [-0.4, -0.2) is 36.5 Å². The number of hydrogen-bond donors (Lipinski definition) is 2.